The van der Waals surface area contributed by atoms with Crippen LogP contribution in [0.15, 0.2) is 85.2 Å². The maximum atomic E-state index is 13.8. The van der Waals surface area contributed by atoms with E-state index in [0.717, 1.165) is 71.6 Å². The first-order valence-electron chi connectivity index (χ1n) is 15.2. The summed E-state index contributed by atoms with van der Waals surface area (Å²) in [5, 5.41) is 0. The van der Waals surface area contributed by atoms with Crippen molar-refractivity contribution in [1.82, 2.24) is 9.97 Å². The molecule has 1 aliphatic rings. The molecular weight excluding hydrogens is 607 g/mol. The molecule has 0 fully saturated rings. The predicted octanol–water partition coefficient (Wildman–Crippen LogP) is 8.62. The fourth-order valence-electron chi connectivity index (χ4n) is 5.93. The summed E-state index contributed by atoms with van der Waals surface area (Å²) in [6, 6.07) is 25.1. The molecule has 0 saturated carbocycles. The van der Waals surface area contributed by atoms with Gasteiger partial charge in [-0.15, -0.1) is 0 Å². The minimum absolute atomic E-state index is 0.0358. The summed E-state index contributed by atoms with van der Waals surface area (Å²) in [4.78, 5) is 9.51. The Bertz CT molecular complexity index is 1930. The van der Waals surface area contributed by atoms with E-state index in [-0.39, 0.29) is 10.8 Å². The van der Waals surface area contributed by atoms with E-state index in [2.05, 4.69) is 115 Å². The van der Waals surface area contributed by atoms with Gasteiger partial charge in [-0.1, -0.05) is 20.8 Å². The molecule has 224 valence electrons. The van der Waals surface area contributed by atoms with Crippen LogP contribution in [0, 0.1) is 19.3 Å². The van der Waals surface area contributed by atoms with E-state index >= 15 is 0 Å². The van der Waals surface area contributed by atoms with Crippen LogP contribution in [0.2, 0.25) is 0 Å². The fourth-order valence-corrected chi connectivity index (χ4v) is 8.96. The van der Waals surface area contributed by atoms with Crippen LogP contribution in [0.5, 0.6) is 11.5 Å². The number of aromatic nitrogens is 2. The number of fused-ring (bicyclic) bond motifs is 3. The zero-order valence-electron chi connectivity index (χ0n) is 26.9. The van der Waals surface area contributed by atoms with Crippen LogP contribution in [-0.2, 0) is 15.7 Å². The Morgan fingerprint density at radius 2 is 1.36 bits per heavy atom. The van der Waals surface area contributed by atoms with Crippen molar-refractivity contribution < 1.29 is 8.57 Å². The third-order valence-electron chi connectivity index (χ3n) is 7.89. The maximum absolute atomic E-state index is 13.8. The Balaban J connectivity index is 1.37. The summed E-state index contributed by atoms with van der Waals surface area (Å²) < 4.78 is 22.2. The van der Waals surface area contributed by atoms with Crippen molar-refractivity contribution in [2.75, 3.05) is 0 Å². The SMILES string of the molecule is Cc1cc(Oc2cc(C)cc(-c3nccc4c3-c3ccc(CC(C)(C)C)cc3[Se]4=O)c2)cc(-c2cc(C(C)(C)C)ccn2)c1. The molecule has 0 radical (unpaired) electrons. The van der Waals surface area contributed by atoms with E-state index in [1.165, 1.54) is 11.1 Å². The van der Waals surface area contributed by atoms with Crippen LogP contribution in [0.3, 0.4) is 0 Å². The molecule has 2 aromatic heterocycles. The number of rotatable bonds is 5. The monoisotopic (exact) mass is 648 g/mol. The van der Waals surface area contributed by atoms with E-state index in [4.69, 9.17) is 9.72 Å². The molecular formula is C39H40N2O2Se. The van der Waals surface area contributed by atoms with Gasteiger partial charge in [0.15, 0.2) is 0 Å². The van der Waals surface area contributed by atoms with Crippen molar-refractivity contribution in [3.63, 3.8) is 0 Å². The first-order chi connectivity index (χ1) is 20.7. The molecule has 3 aromatic carbocycles. The van der Waals surface area contributed by atoms with Crippen molar-refractivity contribution in [2.24, 2.45) is 5.41 Å². The molecule has 5 heteroatoms. The van der Waals surface area contributed by atoms with Gasteiger partial charge < -0.3 is 0 Å². The van der Waals surface area contributed by atoms with Gasteiger partial charge in [-0.05, 0) is 17.0 Å². The quantitative estimate of drug-likeness (QED) is 0.176. The zero-order valence-corrected chi connectivity index (χ0v) is 28.6. The van der Waals surface area contributed by atoms with Gasteiger partial charge in [0.1, 0.15) is 0 Å². The third kappa shape index (κ3) is 6.17. The Morgan fingerprint density at radius 1 is 0.705 bits per heavy atom. The van der Waals surface area contributed by atoms with Gasteiger partial charge in [0.25, 0.3) is 0 Å². The molecule has 44 heavy (non-hydrogen) atoms. The molecule has 0 amide bonds. The Morgan fingerprint density at radius 3 is 2.05 bits per heavy atom. The summed E-state index contributed by atoms with van der Waals surface area (Å²) in [5.41, 5.74) is 10.6. The molecule has 1 aliphatic heterocycles. The van der Waals surface area contributed by atoms with E-state index in [1.54, 1.807) is 6.20 Å². The Hall–Kier alpha value is -3.92. The number of benzene rings is 3. The molecule has 0 bridgehead atoms. The van der Waals surface area contributed by atoms with Crippen molar-refractivity contribution in [1.29, 1.82) is 0 Å². The standard InChI is InChI=1S/C39H40N2O2Se/c1-24-15-27(33-22-29(11-13-40-33)39(6,7)8)20-30(17-24)43-31-18-25(2)16-28(21-31)37-36-32-10-9-26(23-38(3,4)5)19-35(32)44(42)34(36)12-14-41-37/h9-22H,23H2,1-8H3. The molecule has 3 heterocycles. The van der Waals surface area contributed by atoms with Crippen LogP contribution in [-0.4, -0.2) is 23.8 Å². The summed E-state index contributed by atoms with van der Waals surface area (Å²) in [7, 11) is 0. The number of hydrogen-bond acceptors (Lipinski definition) is 4. The van der Waals surface area contributed by atoms with Crippen LogP contribution < -0.4 is 13.7 Å². The van der Waals surface area contributed by atoms with Gasteiger partial charge in [0.2, 0.25) is 0 Å². The molecule has 4 nitrogen and oxygen atoms in total. The van der Waals surface area contributed by atoms with Crippen LogP contribution in [0.1, 0.15) is 63.8 Å². The molecule has 6 rings (SSSR count). The van der Waals surface area contributed by atoms with Gasteiger partial charge in [0.05, 0.1) is 0 Å². The summed E-state index contributed by atoms with van der Waals surface area (Å²) >= 11 is -2.39. The minimum atomic E-state index is -2.39. The van der Waals surface area contributed by atoms with Gasteiger partial charge in [-0.2, -0.15) is 0 Å². The molecule has 5 aromatic rings. The average molecular weight is 648 g/mol. The molecule has 0 spiro atoms. The van der Waals surface area contributed by atoms with E-state index < -0.39 is 13.8 Å². The first kappa shape index (κ1) is 30.1. The van der Waals surface area contributed by atoms with Gasteiger partial charge in [-0.25, -0.2) is 0 Å². The van der Waals surface area contributed by atoms with Crippen molar-refractivity contribution in [3.8, 4) is 45.1 Å². The number of aryl methyl sites for hydroxylation is 2. The zero-order chi connectivity index (χ0) is 31.4. The fraction of sp³-hybridized carbons (Fsp3) is 0.282. The number of nitrogens with zero attached hydrogens (tertiary/aromatic N) is 2. The van der Waals surface area contributed by atoms with Crippen LogP contribution in [0.4, 0.5) is 0 Å². The van der Waals surface area contributed by atoms with Crippen molar-refractivity contribution in [3.05, 3.63) is 107 Å². The number of ether oxygens (including phenoxy) is 1. The second kappa shape index (κ2) is 11.2. The molecule has 0 saturated heterocycles. The Labute approximate surface area is 265 Å². The topological polar surface area (TPSA) is 52.1 Å². The Kier molecular flexibility index (Phi) is 7.68. The first-order valence-corrected chi connectivity index (χ1v) is 17.6. The predicted molar refractivity (Wildman–Crippen MR) is 182 cm³/mol. The normalized spacial score (nSPS) is 14.3. The van der Waals surface area contributed by atoms with Crippen molar-refractivity contribution in [2.45, 2.75) is 67.2 Å². The van der Waals surface area contributed by atoms with Gasteiger partial charge in [-0.3, -0.25) is 0 Å². The van der Waals surface area contributed by atoms with E-state index in [9.17, 15) is 3.83 Å². The van der Waals surface area contributed by atoms with E-state index in [1.807, 2.05) is 24.4 Å². The third-order valence-corrected chi connectivity index (χ3v) is 11.0. The summed E-state index contributed by atoms with van der Waals surface area (Å²) in [6.45, 7) is 17.5. The summed E-state index contributed by atoms with van der Waals surface area (Å²) in [5.74, 6) is 1.49. The van der Waals surface area contributed by atoms with Crippen molar-refractivity contribution >= 4 is 22.8 Å². The molecule has 0 N–H and O–H groups in total. The molecule has 0 aliphatic carbocycles. The molecule has 1 atom stereocenters. The average Bonchev–Trinajstić information content (AvgIpc) is 3.22. The number of hydrogen-bond donors (Lipinski definition) is 0. The van der Waals surface area contributed by atoms with Crippen LogP contribution in [0.25, 0.3) is 33.6 Å². The van der Waals surface area contributed by atoms with Gasteiger partial charge in [0, 0.05) is 6.20 Å². The number of pyridine rings is 2. The molecule has 1 unspecified atom stereocenters. The summed E-state index contributed by atoms with van der Waals surface area (Å²) in [6.07, 6.45) is 4.62. The second-order valence-corrected chi connectivity index (χ2v) is 17.2. The van der Waals surface area contributed by atoms with Crippen LogP contribution >= 0.6 is 0 Å². The second-order valence-electron chi connectivity index (χ2n) is 14.2. The van der Waals surface area contributed by atoms with Gasteiger partial charge >= 0.3 is 223 Å². The van der Waals surface area contributed by atoms with E-state index in [0.29, 0.717) is 0 Å².